The van der Waals surface area contributed by atoms with Gasteiger partial charge in [-0.15, -0.1) is 0 Å². The van der Waals surface area contributed by atoms with Crippen molar-refractivity contribution in [3.8, 4) is 0 Å². The third kappa shape index (κ3) is 2.13. The molecule has 0 saturated heterocycles. The van der Waals surface area contributed by atoms with E-state index in [-0.39, 0.29) is 12.1 Å². The normalized spacial score (nSPS) is 23.6. The summed E-state index contributed by atoms with van der Waals surface area (Å²) in [5.41, 5.74) is 12.2. The van der Waals surface area contributed by atoms with Crippen molar-refractivity contribution in [1.82, 2.24) is 0 Å². The number of hydrogen-bond acceptors (Lipinski definition) is 3. The van der Waals surface area contributed by atoms with E-state index in [1.165, 1.54) is 0 Å². The molecule has 0 heterocycles. The van der Waals surface area contributed by atoms with Crippen molar-refractivity contribution >= 4 is 27.5 Å². The monoisotopic (exact) mass is 269 g/mol. The van der Waals surface area contributed by atoms with E-state index in [0.29, 0.717) is 10.0 Å². The highest BCUT2D eigenvalue weighted by molar-refractivity contribution is 9.10. The van der Waals surface area contributed by atoms with Gasteiger partial charge in [0.1, 0.15) is 0 Å². The molecule has 2 unspecified atom stereocenters. The topological polar surface area (TPSA) is 81.1 Å². The zero-order chi connectivity index (χ0) is 11.0. The molecule has 15 heavy (non-hydrogen) atoms. The molecule has 0 aliphatic heterocycles. The molecule has 1 saturated carbocycles. The van der Waals surface area contributed by atoms with Crippen molar-refractivity contribution in [1.29, 1.82) is 0 Å². The van der Waals surface area contributed by atoms with E-state index in [4.69, 9.17) is 11.5 Å². The second-order valence-corrected chi connectivity index (χ2v) is 4.53. The Bertz CT molecular complexity index is 408. The van der Waals surface area contributed by atoms with Crippen LogP contribution in [0.2, 0.25) is 0 Å². The van der Waals surface area contributed by atoms with E-state index in [0.717, 1.165) is 12.1 Å². The quantitative estimate of drug-likeness (QED) is 0.768. The summed E-state index contributed by atoms with van der Waals surface area (Å²) in [5.74, 6) is -0.445. The number of nitrogens with two attached hydrogens (primary N) is 2. The minimum absolute atomic E-state index is 0.185. The first-order chi connectivity index (χ1) is 7.09. The molecule has 4 nitrogen and oxygen atoms in total. The van der Waals surface area contributed by atoms with Gasteiger partial charge in [-0.3, -0.25) is 4.79 Å². The summed E-state index contributed by atoms with van der Waals surface area (Å²) in [6, 6.07) is 5.92. The fourth-order valence-corrected chi connectivity index (χ4v) is 2.04. The SMILES string of the molecule is NC(=O)c1c(Br)cccc1NC1CC1N. The smallest absolute Gasteiger partial charge is 0.251 e. The number of halogens is 1. The molecular formula is C10H12BrN3O. The van der Waals surface area contributed by atoms with Gasteiger partial charge >= 0.3 is 0 Å². The molecule has 80 valence electrons. The molecule has 0 bridgehead atoms. The van der Waals surface area contributed by atoms with Crippen LogP contribution in [-0.2, 0) is 0 Å². The maximum absolute atomic E-state index is 11.2. The van der Waals surface area contributed by atoms with E-state index in [9.17, 15) is 4.79 Å². The van der Waals surface area contributed by atoms with Gasteiger partial charge in [0.25, 0.3) is 5.91 Å². The van der Waals surface area contributed by atoms with Gasteiger partial charge in [-0.05, 0) is 34.5 Å². The summed E-state index contributed by atoms with van der Waals surface area (Å²) in [6.45, 7) is 0. The highest BCUT2D eigenvalue weighted by Gasteiger charge is 2.34. The number of nitrogens with one attached hydrogen (secondary N) is 1. The van der Waals surface area contributed by atoms with Gasteiger partial charge in [-0.1, -0.05) is 6.07 Å². The van der Waals surface area contributed by atoms with E-state index >= 15 is 0 Å². The molecule has 2 rings (SSSR count). The number of carbonyl (C=O) groups is 1. The van der Waals surface area contributed by atoms with Gasteiger partial charge in [-0.2, -0.15) is 0 Å². The number of rotatable bonds is 3. The molecule has 1 aromatic rings. The number of anilines is 1. The van der Waals surface area contributed by atoms with Crippen LogP contribution in [-0.4, -0.2) is 18.0 Å². The molecule has 1 aliphatic carbocycles. The van der Waals surface area contributed by atoms with Crippen LogP contribution in [0.3, 0.4) is 0 Å². The Labute approximate surface area is 96.1 Å². The van der Waals surface area contributed by atoms with E-state index < -0.39 is 5.91 Å². The summed E-state index contributed by atoms with van der Waals surface area (Å²) in [4.78, 5) is 11.2. The lowest BCUT2D eigenvalue weighted by Gasteiger charge is -2.10. The van der Waals surface area contributed by atoms with Crippen LogP contribution >= 0.6 is 15.9 Å². The number of primary amides is 1. The lowest BCUT2D eigenvalue weighted by Crippen LogP contribution is -2.18. The maximum atomic E-state index is 11.2. The number of carbonyl (C=O) groups excluding carboxylic acids is 1. The van der Waals surface area contributed by atoms with Gasteiger partial charge in [0.15, 0.2) is 0 Å². The van der Waals surface area contributed by atoms with Crippen molar-refractivity contribution in [2.45, 2.75) is 18.5 Å². The molecule has 0 radical (unpaired) electrons. The summed E-state index contributed by atoms with van der Waals surface area (Å²) >= 11 is 3.30. The molecule has 2 atom stereocenters. The van der Waals surface area contributed by atoms with Crippen LogP contribution in [0.5, 0.6) is 0 Å². The second kappa shape index (κ2) is 3.83. The molecule has 5 heteroatoms. The highest BCUT2D eigenvalue weighted by Crippen LogP contribution is 2.29. The fraction of sp³-hybridized carbons (Fsp3) is 0.300. The zero-order valence-corrected chi connectivity index (χ0v) is 9.62. The first-order valence-electron chi connectivity index (χ1n) is 4.70. The van der Waals surface area contributed by atoms with Crippen molar-refractivity contribution in [2.75, 3.05) is 5.32 Å². The molecular weight excluding hydrogens is 258 g/mol. The van der Waals surface area contributed by atoms with Gasteiger partial charge in [0.2, 0.25) is 0 Å². The minimum Gasteiger partial charge on any atom is -0.380 e. The maximum Gasteiger partial charge on any atom is 0.251 e. The van der Waals surface area contributed by atoms with E-state index in [1.54, 1.807) is 6.07 Å². The zero-order valence-electron chi connectivity index (χ0n) is 8.03. The first-order valence-corrected chi connectivity index (χ1v) is 5.49. The number of amides is 1. The molecule has 1 aromatic carbocycles. The fourth-order valence-electron chi connectivity index (χ4n) is 1.48. The standard InChI is InChI=1S/C10H12BrN3O/c11-5-2-1-3-7(9(5)10(13)15)14-8-4-6(8)12/h1-3,6,8,14H,4,12H2,(H2,13,15). The van der Waals surface area contributed by atoms with Crippen LogP contribution in [0, 0.1) is 0 Å². The van der Waals surface area contributed by atoms with Crippen LogP contribution in [0.1, 0.15) is 16.8 Å². The molecule has 1 aliphatic rings. The molecule has 0 spiro atoms. The second-order valence-electron chi connectivity index (χ2n) is 3.68. The third-order valence-corrected chi connectivity index (χ3v) is 3.10. The average Bonchev–Trinajstić information content (AvgIpc) is 2.81. The lowest BCUT2D eigenvalue weighted by atomic mass is 10.1. The largest absolute Gasteiger partial charge is 0.380 e. The van der Waals surface area contributed by atoms with E-state index in [1.807, 2.05) is 12.1 Å². The third-order valence-electron chi connectivity index (χ3n) is 2.44. The van der Waals surface area contributed by atoms with Crippen molar-refractivity contribution in [3.05, 3.63) is 28.2 Å². The Balaban J connectivity index is 2.29. The Hall–Kier alpha value is -1.07. The summed E-state index contributed by atoms with van der Waals surface area (Å²) in [6.07, 6.45) is 0.935. The van der Waals surface area contributed by atoms with Crippen LogP contribution < -0.4 is 16.8 Å². The first kappa shape index (κ1) is 10.4. The Morgan fingerprint density at radius 1 is 1.53 bits per heavy atom. The van der Waals surface area contributed by atoms with Crippen molar-refractivity contribution in [2.24, 2.45) is 11.5 Å². The average molecular weight is 270 g/mol. The number of benzene rings is 1. The van der Waals surface area contributed by atoms with Gasteiger partial charge in [0, 0.05) is 22.2 Å². The Morgan fingerprint density at radius 3 is 2.73 bits per heavy atom. The van der Waals surface area contributed by atoms with Crippen LogP contribution in [0.25, 0.3) is 0 Å². The molecule has 1 fully saturated rings. The number of hydrogen-bond donors (Lipinski definition) is 3. The van der Waals surface area contributed by atoms with Gasteiger partial charge < -0.3 is 16.8 Å². The highest BCUT2D eigenvalue weighted by atomic mass is 79.9. The summed E-state index contributed by atoms with van der Waals surface area (Å²) < 4.78 is 0.703. The van der Waals surface area contributed by atoms with Crippen molar-refractivity contribution < 1.29 is 4.79 Å². The minimum atomic E-state index is -0.445. The predicted octanol–water partition coefficient (Wildman–Crippen LogP) is 1.06. The van der Waals surface area contributed by atoms with E-state index in [2.05, 4.69) is 21.2 Å². The lowest BCUT2D eigenvalue weighted by molar-refractivity contribution is 0.100. The van der Waals surface area contributed by atoms with Crippen LogP contribution in [0.15, 0.2) is 22.7 Å². The van der Waals surface area contributed by atoms with Gasteiger partial charge in [0.05, 0.1) is 5.56 Å². The summed E-state index contributed by atoms with van der Waals surface area (Å²) in [5, 5.41) is 3.20. The van der Waals surface area contributed by atoms with Crippen molar-refractivity contribution in [3.63, 3.8) is 0 Å². The van der Waals surface area contributed by atoms with Gasteiger partial charge in [-0.25, -0.2) is 0 Å². The van der Waals surface area contributed by atoms with Crippen LogP contribution in [0.4, 0.5) is 5.69 Å². The molecule has 5 N–H and O–H groups in total. The Morgan fingerprint density at radius 2 is 2.20 bits per heavy atom. The predicted molar refractivity (Wildman–Crippen MR) is 62.7 cm³/mol. The molecule has 1 amide bonds. The Kier molecular flexibility index (Phi) is 2.67. The summed E-state index contributed by atoms with van der Waals surface area (Å²) in [7, 11) is 0. The molecule has 0 aromatic heterocycles.